The number of hydrogen-bond donors (Lipinski definition) is 2. The van der Waals surface area contributed by atoms with E-state index in [4.69, 9.17) is 28.9 Å². The molecule has 0 spiro atoms. The maximum Gasteiger partial charge on any atom is 0.255 e. The maximum atomic E-state index is 12.0. The van der Waals surface area contributed by atoms with Crippen LogP contribution >= 0.6 is 23.2 Å². The molecule has 98 valence electrons. The second kappa shape index (κ2) is 6.02. The van der Waals surface area contributed by atoms with Crippen molar-refractivity contribution in [2.24, 2.45) is 5.73 Å². The van der Waals surface area contributed by atoms with Crippen molar-refractivity contribution in [2.75, 3.05) is 5.32 Å². The van der Waals surface area contributed by atoms with Gasteiger partial charge in [0, 0.05) is 23.3 Å². The van der Waals surface area contributed by atoms with Crippen LogP contribution in [0.1, 0.15) is 16.1 Å². The van der Waals surface area contributed by atoms with Crippen LogP contribution < -0.4 is 11.1 Å². The zero-order valence-electron chi connectivity index (χ0n) is 9.86. The number of carbonyl (C=O) groups is 1. The summed E-state index contributed by atoms with van der Waals surface area (Å²) < 4.78 is 0. The van der Waals surface area contributed by atoms with Gasteiger partial charge in [-0.1, -0.05) is 23.2 Å². The van der Waals surface area contributed by atoms with Gasteiger partial charge in [-0.15, -0.1) is 0 Å². The highest BCUT2D eigenvalue weighted by molar-refractivity contribution is 6.36. The van der Waals surface area contributed by atoms with E-state index in [1.54, 1.807) is 36.5 Å². The first-order valence-electron chi connectivity index (χ1n) is 5.51. The van der Waals surface area contributed by atoms with Gasteiger partial charge in [0.2, 0.25) is 0 Å². The van der Waals surface area contributed by atoms with E-state index in [1.807, 2.05) is 0 Å². The Kier molecular flexibility index (Phi) is 4.37. The van der Waals surface area contributed by atoms with Crippen molar-refractivity contribution in [3.63, 3.8) is 0 Å². The summed E-state index contributed by atoms with van der Waals surface area (Å²) in [5, 5.41) is 3.60. The minimum Gasteiger partial charge on any atom is -0.325 e. The highest BCUT2D eigenvalue weighted by atomic mass is 35.5. The fourth-order valence-electron chi connectivity index (χ4n) is 1.52. The first-order chi connectivity index (χ1) is 9.10. The van der Waals surface area contributed by atoms with Gasteiger partial charge in [-0.3, -0.25) is 9.78 Å². The number of hydrogen-bond acceptors (Lipinski definition) is 3. The van der Waals surface area contributed by atoms with Crippen molar-refractivity contribution in [3.05, 3.63) is 57.8 Å². The monoisotopic (exact) mass is 295 g/mol. The van der Waals surface area contributed by atoms with Gasteiger partial charge in [0.1, 0.15) is 0 Å². The fraction of sp³-hybridized carbons (Fsp3) is 0.0769. The van der Waals surface area contributed by atoms with Crippen LogP contribution in [0.15, 0.2) is 36.5 Å². The van der Waals surface area contributed by atoms with Gasteiger partial charge < -0.3 is 11.1 Å². The highest BCUT2D eigenvalue weighted by Gasteiger charge is 2.09. The SMILES string of the molecule is NCc1cc(C(=O)Nc2ccc(Cl)cc2Cl)ccn1. The van der Waals surface area contributed by atoms with Crippen LogP contribution in [0.5, 0.6) is 0 Å². The molecule has 0 fully saturated rings. The molecule has 0 saturated heterocycles. The smallest absolute Gasteiger partial charge is 0.255 e. The summed E-state index contributed by atoms with van der Waals surface area (Å²) in [6, 6.07) is 8.11. The molecule has 2 aromatic rings. The third kappa shape index (κ3) is 3.44. The predicted molar refractivity (Wildman–Crippen MR) is 76.5 cm³/mol. The number of halogens is 2. The molecule has 2 rings (SSSR count). The summed E-state index contributed by atoms with van der Waals surface area (Å²) >= 11 is 11.8. The van der Waals surface area contributed by atoms with Crippen LogP contribution in [0, 0.1) is 0 Å². The molecule has 0 atom stereocenters. The van der Waals surface area contributed by atoms with E-state index in [2.05, 4.69) is 10.3 Å². The molecular weight excluding hydrogens is 285 g/mol. The van der Waals surface area contributed by atoms with E-state index < -0.39 is 0 Å². The number of nitrogens with two attached hydrogens (primary N) is 1. The number of benzene rings is 1. The molecule has 19 heavy (non-hydrogen) atoms. The summed E-state index contributed by atoms with van der Waals surface area (Å²) in [4.78, 5) is 16.1. The number of anilines is 1. The van der Waals surface area contributed by atoms with Crippen molar-refractivity contribution in [3.8, 4) is 0 Å². The third-order valence-electron chi connectivity index (χ3n) is 2.47. The number of amides is 1. The molecule has 1 aromatic heterocycles. The molecule has 0 radical (unpaired) electrons. The summed E-state index contributed by atoms with van der Waals surface area (Å²) in [7, 11) is 0. The molecule has 0 saturated carbocycles. The van der Waals surface area contributed by atoms with Gasteiger partial charge in [0.25, 0.3) is 5.91 Å². The van der Waals surface area contributed by atoms with Crippen molar-refractivity contribution in [1.29, 1.82) is 0 Å². The molecule has 0 aliphatic rings. The summed E-state index contributed by atoms with van der Waals surface area (Å²) in [5.74, 6) is -0.277. The first-order valence-corrected chi connectivity index (χ1v) is 6.27. The van der Waals surface area contributed by atoms with E-state index in [9.17, 15) is 4.79 Å². The quantitative estimate of drug-likeness (QED) is 0.914. The lowest BCUT2D eigenvalue weighted by Gasteiger charge is -2.08. The molecule has 3 N–H and O–H groups in total. The van der Waals surface area contributed by atoms with Crippen LogP contribution in [0.3, 0.4) is 0 Å². The minimum absolute atomic E-state index is 0.277. The Morgan fingerprint density at radius 1 is 1.26 bits per heavy atom. The molecule has 1 heterocycles. The summed E-state index contributed by atoms with van der Waals surface area (Å²) in [6.45, 7) is 0.281. The van der Waals surface area contributed by atoms with Crippen LogP contribution in [0.2, 0.25) is 10.0 Å². The Bertz CT molecular complexity index is 617. The number of nitrogens with one attached hydrogen (secondary N) is 1. The van der Waals surface area contributed by atoms with E-state index in [-0.39, 0.29) is 12.5 Å². The second-order valence-electron chi connectivity index (χ2n) is 3.82. The van der Waals surface area contributed by atoms with Crippen LogP contribution in [-0.4, -0.2) is 10.9 Å². The van der Waals surface area contributed by atoms with Gasteiger partial charge in [-0.2, -0.15) is 0 Å². The predicted octanol–water partition coefficient (Wildman–Crippen LogP) is 3.10. The number of pyridine rings is 1. The molecule has 6 heteroatoms. The molecule has 0 bridgehead atoms. The Morgan fingerprint density at radius 2 is 2.05 bits per heavy atom. The lowest BCUT2D eigenvalue weighted by molar-refractivity contribution is 0.102. The van der Waals surface area contributed by atoms with Gasteiger partial charge in [0.15, 0.2) is 0 Å². The van der Waals surface area contributed by atoms with Crippen LogP contribution in [0.4, 0.5) is 5.69 Å². The largest absolute Gasteiger partial charge is 0.325 e. The van der Waals surface area contributed by atoms with E-state index >= 15 is 0 Å². The summed E-state index contributed by atoms with van der Waals surface area (Å²) in [6.07, 6.45) is 1.54. The van der Waals surface area contributed by atoms with Gasteiger partial charge >= 0.3 is 0 Å². The zero-order chi connectivity index (χ0) is 13.8. The molecule has 0 aliphatic heterocycles. The zero-order valence-corrected chi connectivity index (χ0v) is 11.4. The first kappa shape index (κ1) is 13.8. The lowest BCUT2D eigenvalue weighted by atomic mass is 10.2. The Labute approximate surface area is 120 Å². The van der Waals surface area contributed by atoms with E-state index in [0.717, 1.165) is 0 Å². The Morgan fingerprint density at radius 3 is 2.74 bits per heavy atom. The summed E-state index contributed by atoms with van der Waals surface area (Å²) in [5.41, 5.74) is 7.11. The van der Waals surface area contributed by atoms with Gasteiger partial charge in [-0.25, -0.2) is 0 Å². The third-order valence-corrected chi connectivity index (χ3v) is 3.02. The molecule has 4 nitrogen and oxygen atoms in total. The standard InChI is InChI=1S/C13H11Cl2N3O/c14-9-1-2-12(11(15)6-9)18-13(19)8-3-4-17-10(5-8)7-16/h1-6H,7,16H2,(H,18,19). The Balaban J connectivity index is 2.20. The normalized spacial score (nSPS) is 10.3. The molecule has 0 aliphatic carbocycles. The second-order valence-corrected chi connectivity index (χ2v) is 4.66. The lowest BCUT2D eigenvalue weighted by Crippen LogP contribution is -2.13. The van der Waals surface area contributed by atoms with Gasteiger partial charge in [-0.05, 0) is 30.3 Å². The average Bonchev–Trinajstić information content (AvgIpc) is 2.42. The number of carbonyl (C=O) groups excluding carboxylic acids is 1. The van der Waals surface area contributed by atoms with E-state index in [0.29, 0.717) is 27.0 Å². The van der Waals surface area contributed by atoms with Crippen LogP contribution in [0.25, 0.3) is 0 Å². The minimum atomic E-state index is -0.277. The van der Waals surface area contributed by atoms with E-state index in [1.165, 1.54) is 0 Å². The maximum absolute atomic E-state index is 12.0. The fourth-order valence-corrected chi connectivity index (χ4v) is 1.97. The highest BCUT2D eigenvalue weighted by Crippen LogP contribution is 2.25. The van der Waals surface area contributed by atoms with Crippen molar-refractivity contribution < 1.29 is 4.79 Å². The average molecular weight is 296 g/mol. The molecule has 0 unspecified atom stereocenters. The molecule has 1 aromatic carbocycles. The molecule has 1 amide bonds. The number of nitrogens with zero attached hydrogens (tertiary/aromatic N) is 1. The van der Waals surface area contributed by atoms with Crippen molar-refractivity contribution in [1.82, 2.24) is 4.98 Å². The Hall–Kier alpha value is -1.62. The number of rotatable bonds is 3. The van der Waals surface area contributed by atoms with Crippen LogP contribution in [-0.2, 0) is 6.54 Å². The molecular formula is C13H11Cl2N3O. The topological polar surface area (TPSA) is 68.0 Å². The van der Waals surface area contributed by atoms with Crippen molar-refractivity contribution >= 4 is 34.8 Å². The van der Waals surface area contributed by atoms with Crippen molar-refractivity contribution in [2.45, 2.75) is 6.54 Å². The number of aromatic nitrogens is 1. The van der Waals surface area contributed by atoms with Gasteiger partial charge in [0.05, 0.1) is 16.4 Å².